The second-order valence-electron chi connectivity index (χ2n) is 6.51. The number of ether oxygens (including phenoxy) is 1. The van der Waals surface area contributed by atoms with E-state index in [1.807, 2.05) is 60.7 Å². The zero-order valence-electron chi connectivity index (χ0n) is 16.2. The van der Waals surface area contributed by atoms with Crippen molar-refractivity contribution >= 4 is 12.1 Å². The predicted octanol–water partition coefficient (Wildman–Crippen LogP) is 2.16. The Kier molecular flexibility index (Phi) is 8.30. The van der Waals surface area contributed by atoms with E-state index in [2.05, 4.69) is 10.6 Å². The van der Waals surface area contributed by atoms with Crippen LogP contribution >= 0.6 is 0 Å². The Hall–Kier alpha value is -3.06. The molecular weight excluding hydrogens is 358 g/mol. The number of benzene rings is 2. The van der Waals surface area contributed by atoms with Crippen LogP contribution < -0.4 is 10.6 Å². The summed E-state index contributed by atoms with van der Waals surface area (Å²) < 4.78 is 5.27. The minimum Gasteiger partial charge on any atom is -0.445 e. The van der Waals surface area contributed by atoms with Gasteiger partial charge in [0.1, 0.15) is 6.61 Å². The minimum atomic E-state index is -0.966. The summed E-state index contributed by atoms with van der Waals surface area (Å²) in [5.74, 6) is 0. The molecule has 0 bridgehead atoms. The Bertz CT molecular complexity index is 740. The topological polar surface area (TPSA) is 90.9 Å². The number of urea groups is 1. The molecule has 0 aliphatic rings. The van der Waals surface area contributed by atoms with E-state index >= 15 is 0 Å². The summed E-state index contributed by atoms with van der Waals surface area (Å²) in [4.78, 5) is 25.3. The number of aliphatic hydroxyl groups is 1. The maximum atomic E-state index is 12.3. The standard InChI is InChI=1S/C21H27N3O4/c1-22-20(26)24(2)14-19(25)18(13-16-9-5-3-6-10-16)23-21(27)28-15-17-11-7-4-8-12-17/h3-12,18-19,25H,13-15H2,1-2H3,(H,22,26)(H,23,27)/t18-,19+/m0/s1. The van der Waals surface area contributed by atoms with Crippen molar-refractivity contribution in [3.63, 3.8) is 0 Å². The van der Waals surface area contributed by atoms with Crippen molar-refractivity contribution in [1.82, 2.24) is 15.5 Å². The lowest BCUT2D eigenvalue weighted by Gasteiger charge is -2.27. The third-order valence-corrected chi connectivity index (χ3v) is 4.30. The molecule has 3 N–H and O–H groups in total. The summed E-state index contributed by atoms with van der Waals surface area (Å²) in [6.07, 6.45) is -1.18. The second kappa shape index (κ2) is 10.9. The summed E-state index contributed by atoms with van der Waals surface area (Å²) in [5, 5.41) is 15.9. The molecule has 28 heavy (non-hydrogen) atoms. The molecule has 0 radical (unpaired) electrons. The minimum absolute atomic E-state index is 0.0656. The number of rotatable bonds is 8. The van der Waals surface area contributed by atoms with Crippen LogP contribution in [0.15, 0.2) is 60.7 Å². The van der Waals surface area contributed by atoms with E-state index in [9.17, 15) is 14.7 Å². The molecule has 150 valence electrons. The van der Waals surface area contributed by atoms with Gasteiger partial charge in [-0.25, -0.2) is 9.59 Å². The van der Waals surface area contributed by atoms with E-state index < -0.39 is 18.2 Å². The molecule has 7 heteroatoms. The van der Waals surface area contributed by atoms with Crippen LogP contribution in [-0.4, -0.2) is 54.9 Å². The van der Waals surface area contributed by atoms with Gasteiger partial charge in [0.05, 0.1) is 18.7 Å². The van der Waals surface area contributed by atoms with E-state index in [1.54, 1.807) is 7.05 Å². The Balaban J connectivity index is 2.00. The predicted molar refractivity (Wildman–Crippen MR) is 107 cm³/mol. The molecule has 7 nitrogen and oxygen atoms in total. The molecule has 0 saturated heterocycles. The molecule has 0 spiro atoms. The molecule has 0 aromatic heterocycles. The highest BCUT2D eigenvalue weighted by atomic mass is 16.5. The first-order chi connectivity index (χ1) is 13.5. The Labute approximate surface area is 165 Å². The lowest BCUT2D eigenvalue weighted by atomic mass is 10.0. The summed E-state index contributed by atoms with van der Waals surface area (Å²) in [5.41, 5.74) is 1.83. The van der Waals surface area contributed by atoms with Crippen LogP contribution in [0.3, 0.4) is 0 Å². The van der Waals surface area contributed by atoms with E-state index in [0.717, 1.165) is 11.1 Å². The zero-order valence-corrected chi connectivity index (χ0v) is 16.2. The van der Waals surface area contributed by atoms with Gasteiger partial charge in [-0.15, -0.1) is 0 Å². The molecular formula is C21H27N3O4. The van der Waals surface area contributed by atoms with E-state index in [4.69, 9.17) is 4.74 Å². The van der Waals surface area contributed by atoms with Gasteiger partial charge < -0.3 is 25.4 Å². The maximum absolute atomic E-state index is 12.3. The van der Waals surface area contributed by atoms with Crippen molar-refractivity contribution < 1.29 is 19.4 Å². The molecule has 0 aliphatic carbocycles. The average molecular weight is 385 g/mol. The number of hydrogen-bond acceptors (Lipinski definition) is 4. The molecule has 0 saturated carbocycles. The highest BCUT2D eigenvalue weighted by Gasteiger charge is 2.25. The molecule has 0 heterocycles. The molecule has 3 amide bonds. The maximum Gasteiger partial charge on any atom is 0.407 e. The molecule has 0 unspecified atom stereocenters. The van der Waals surface area contributed by atoms with Gasteiger partial charge >= 0.3 is 12.1 Å². The van der Waals surface area contributed by atoms with Crippen molar-refractivity contribution in [2.45, 2.75) is 25.2 Å². The number of likely N-dealkylation sites (N-methyl/N-ethyl adjacent to an activating group) is 1. The Morgan fingerprint density at radius 2 is 1.61 bits per heavy atom. The fourth-order valence-corrected chi connectivity index (χ4v) is 2.75. The summed E-state index contributed by atoms with van der Waals surface area (Å²) in [6, 6.07) is 17.9. The van der Waals surface area contributed by atoms with E-state index in [0.29, 0.717) is 6.42 Å². The quantitative estimate of drug-likeness (QED) is 0.649. The highest BCUT2D eigenvalue weighted by molar-refractivity contribution is 5.73. The lowest BCUT2D eigenvalue weighted by molar-refractivity contribution is 0.0842. The number of carbonyl (C=O) groups is 2. The van der Waals surface area contributed by atoms with Crippen LogP contribution in [0.4, 0.5) is 9.59 Å². The van der Waals surface area contributed by atoms with Crippen molar-refractivity contribution in [3.8, 4) is 0 Å². The molecule has 0 aliphatic heterocycles. The Morgan fingerprint density at radius 1 is 1.04 bits per heavy atom. The van der Waals surface area contributed by atoms with Crippen molar-refractivity contribution in [3.05, 3.63) is 71.8 Å². The number of nitrogens with one attached hydrogen (secondary N) is 2. The number of carbonyl (C=O) groups excluding carboxylic acids is 2. The van der Waals surface area contributed by atoms with Crippen LogP contribution in [0.5, 0.6) is 0 Å². The van der Waals surface area contributed by atoms with Crippen LogP contribution in [0.2, 0.25) is 0 Å². The smallest absolute Gasteiger partial charge is 0.407 e. The van der Waals surface area contributed by atoms with Gasteiger partial charge in [0, 0.05) is 14.1 Å². The van der Waals surface area contributed by atoms with Crippen LogP contribution in [0.1, 0.15) is 11.1 Å². The van der Waals surface area contributed by atoms with Gasteiger partial charge in [0.2, 0.25) is 0 Å². The van der Waals surface area contributed by atoms with Crippen LogP contribution in [-0.2, 0) is 17.8 Å². The zero-order chi connectivity index (χ0) is 20.4. The van der Waals surface area contributed by atoms with Gasteiger partial charge in [-0.2, -0.15) is 0 Å². The van der Waals surface area contributed by atoms with Gasteiger partial charge in [-0.05, 0) is 17.5 Å². The van der Waals surface area contributed by atoms with Crippen LogP contribution in [0.25, 0.3) is 0 Å². The molecule has 0 fully saturated rings. The lowest BCUT2D eigenvalue weighted by Crippen LogP contribution is -2.51. The first kappa shape index (κ1) is 21.2. The number of nitrogens with zero attached hydrogens (tertiary/aromatic N) is 1. The van der Waals surface area contributed by atoms with Gasteiger partial charge in [0.25, 0.3) is 0 Å². The van der Waals surface area contributed by atoms with Crippen molar-refractivity contribution in [2.75, 3.05) is 20.6 Å². The van der Waals surface area contributed by atoms with Gasteiger partial charge in [-0.3, -0.25) is 0 Å². The summed E-state index contributed by atoms with van der Waals surface area (Å²) >= 11 is 0. The Morgan fingerprint density at radius 3 is 2.18 bits per heavy atom. The molecule has 2 rings (SSSR count). The number of hydrogen-bond donors (Lipinski definition) is 3. The largest absolute Gasteiger partial charge is 0.445 e. The van der Waals surface area contributed by atoms with Crippen LogP contribution in [0, 0.1) is 0 Å². The monoisotopic (exact) mass is 385 g/mol. The third-order valence-electron chi connectivity index (χ3n) is 4.30. The second-order valence-corrected chi connectivity index (χ2v) is 6.51. The summed E-state index contributed by atoms with van der Waals surface area (Å²) in [7, 11) is 3.10. The van der Waals surface area contributed by atoms with E-state index in [-0.39, 0.29) is 19.2 Å². The van der Waals surface area contributed by atoms with Gasteiger partial charge in [-0.1, -0.05) is 60.7 Å². The van der Waals surface area contributed by atoms with Crippen molar-refractivity contribution in [2.24, 2.45) is 0 Å². The van der Waals surface area contributed by atoms with Gasteiger partial charge in [0.15, 0.2) is 0 Å². The normalized spacial score (nSPS) is 12.5. The first-order valence-electron chi connectivity index (χ1n) is 9.11. The molecule has 2 atom stereocenters. The molecule has 2 aromatic carbocycles. The summed E-state index contributed by atoms with van der Waals surface area (Å²) in [6.45, 7) is 0.203. The molecule has 2 aromatic rings. The first-order valence-corrected chi connectivity index (χ1v) is 9.11. The third kappa shape index (κ3) is 6.92. The number of alkyl carbamates (subject to hydrolysis) is 1. The highest BCUT2D eigenvalue weighted by Crippen LogP contribution is 2.09. The number of amides is 3. The fourth-order valence-electron chi connectivity index (χ4n) is 2.75. The SMILES string of the molecule is CNC(=O)N(C)C[C@@H](O)[C@H](Cc1ccccc1)NC(=O)OCc1ccccc1. The van der Waals surface area contributed by atoms with E-state index in [1.165, 1.54) is 11.9 Å². The fraction of sp³-hybridized carbons (Fsp3) is 0.333. The number of aliphatic hydroxyl groups excluding tert-OH is 1. The van der Waals surface area contributed by atoms with Crippen molar-refractivity contribution in [1.29, 1.82) is 0 Å². The average Bonchev–Trinajstić information content (AvgIpc) is 2.72.